The molecule has 0 bridgehead atoms. The fraction of sp³-hybridized carbons (Fsp3) is 0.333. The van der Waals surface area contributed by atoms with E-state index in [0.29, 0.717) is 11.5 Å². The predicted molar refractivity (Wildman–Crippen MR) is 101 cm³/mol. The van der Waals surface area contributed by atoms with Gasteiger partial charge in [-0.25, -0.2) is 0 Å². The summed E-state index contributed by atoms with van der Waals surface area (Å²) in [5.41, 5.74) is 1.64. The molecule has 0 aliphatic rings. The van der Waals surface area contributed by atoms with Crippen molar-refractivity contribution in [2.45, 2.75) is 32.2 Å². The van der Waals surface area contributed by atoms with Gasteiger partial charge in [-0.1, -0.05) is 24.3 Å². The molecular formula is C21H25NO4. The summed E-state index contributed by atoms with van der Waals surface area (Å²) in [5, 5.41) is 2.77. The van der Waals surface area contributed by atoms with E-state index in [1.165, 1.54) is 0 Å². The van der Waals surface area contributed by atoms with Gasteiger partial charge in [-0.2, -0.15) is 0 Å². The molecular weight excluding hydrogens is 330 g/mol. The van der Waals surface area contributed by atoms with E-state index < -0.39 is 5.92 Å². The molecule has 0 atom stereocenters. The lowest BCUT2D eigenvalue weighted by molar-refractivity contribution is -0.128. The van der Waals surface area contributed by atoms with Crippen LogP contribution in [0.3, 0.4) is 0 Å². The molecule has 5 heteroatoms. The highest BCUT2D eigenvalue weighted by Crippen LogP contribution is 2.29. The molecule has 0 unspecified atom stereocenters. The van der Waals surface area contributed by atoms with Crippen molar-refractivity contribution in [1.82, 2.24) is 5.32 Å². The Bertz CT molecular complexity index is 688. The van der Waals surface area contributed by atoms with Gasteiger partial charge < -0.3 is 14.8 Å². The molecule has 2 aromatic rings. The second kappa shape index (κ2) is 9.04. The van der Waals surface area contributed by atoms with Crippen LogP contribution in [0.1, 0.15) is 37.3 Å². The molecule has 0 aromatic heterocycles. The average Bonchev–Trinajstić information content (AvgIpc) is 2.62. The monoisotopic (exact) mass is 355 g/mol. The normalized spacial score (nSPS) is 10.7. The third-order valence-corrected chi connectivity index (χ3v) is 4.00. The van der Waals surface area contributed by atoms with Crippen LogP contribution in [0, 0.1) is 0 Å². The van der Waals surface area contributed by atoms with Gasteiger partial charge in [0.05, 0.1) is 26.6 Å². The molecule has 2 rings (SSSR count). The molecule has 1 amide bonds. The van der Waals surface area contributed by atoms with Crippen LogP contribution < -0.4 is 14.8 Å². The number of benzene rings is 2. The van der Waals surface area contributed by atoms with Crippen molar-refractivity contribution in [3.8, 4) is 11.5 Å². The summed E-state index contributed by atoms with van der Waals surface area (Å²) >= 11 is 0. The number of amides is 1. The third kappa shape index (κ3) is 5.09. The van der Waals surface area contributed by atoms with E-state index in [1.807, 2.05) is 62.4 Å². The molecule has 0 heterocycles. The number of nitrogens with one attached hydrogen (secondary N) is 1. The van der Waals surface area contributed by atoms with E-state index in [1.54, 1.807) is 14.2 Å². The fourth-order valence-electron chi connectivity index (χ4n) is 2.79. The van der Waals surface area contributed by atoms with E-state index in [0.717, 1.165) is 11.1 Å². The van der Waals surface area contributed by atoms with Crippen molar-refractivity contribution in [2.24, 2.45) is 0 Å². The highest BCUT2D eigenvalue weighted by atomic mass is 16.5. The molecule has 0 radical (unpaired) electrons. The maximum atomic E-state index is 12.9. The van der Waals surface area contributed by atoms with Gasteiger partial charge in [0.2, 0.25) is 5.91 Å². The first kappa shape index (κ1) is 19.5. The Morgan fingerprint density at radius 2 is 1.27 bits per heavy atom. The van der Waals surface area contributed by atoms with Crippen molar-refractivity contribution < 1.29 is 19.1 Å². The van der Waals surface area contributed by atoms with Gasteiger partial charge in [-0.3, -0.25) is 9.59 Å². The largest absolute Gasteiger partial charge is 0.497 e. The number of methoxy groups -OCH3 is 2. The van der Waals surface area contributed by atoms with E-state index in [-0.39, 0.29) is 24.2 Å². The van der Waals surface area contributed by atoms with Gasteiger partial charge in [-0.15, -0.1) is 0 Å². The van der Waals surface area contributed by atoms with Crippen LogP contribution in [0.4, 0.5) is 0 Å². The average molecular weight is 355 g/mol. The smallest absolute Gasteiger partial charge is 0.227 e. The summed E-state index contributed by atoms with van der Waals surface area (Å²) in [5.74, 6) is 0.486. The Labute approximate surface area is 154 Å². The Morgan fingerprint density at radius 3 is 1.62 bits per heavy atom. The van der Waals surface area contributed by atoms with E-state index in [9.17, 15) is 9.59 Å². The lowest BCUT2D eigenvalue weighted by Crippen LogP contribution is -2.33. The van der Waals surface area contributed by atoms with E-state index >= 15 is 0 Å². The number of hydrogen-bond acceptors (Lipinski definition) is 4. The first-order chi connectivity index (χ1) is 12.4. The molecule has 26 heavy (non-hydrogen) atoms. The van der Waals surface area contributed by atoms with Crippen molar-refractivity contribution in [3.63, 3.8) is 0 Å². The Hall–Kier alpha value is -2.82. The molecule has 5 nitrogen and oxygen atoms in total. The standard InChI is InChI=1S/C21H25NO4/c1-14(2)22-20(24)13-19(23)21(15-5-9-17(25-3)10-6-15)16-7-11-18(26-4)12-8-16/h5-12,14,21H,13H2,1-4H3,(H,22,24). The molecule has 0 aliphatic carbocycles. The lowest BCUT2D eigenvalue weighted by atomic mass is 9.86. The van der Waals surface area contributed by atoms with Crippen LogP contribution in [0.2, 0.25) is 0 Å². The lowest BCUT2D eigenvalue weighted by Gasteiger charge is -2.18. The minimum Gasteiger partial charge on any atom is -0.497 e. The zero-order valence-corrected chi connectivity index (χ0v) is 15.6. The fourth-order valence-corrected chi connectivity index (χ4v) is 2.79. The van der Waals surface area contributed by atoms with Crippen LogP contribution in [0.25, 0.3) is 0 Å². The summed E-state index contributed by atoms with van der Waals surface area (Å²) < 4.78 is 10.4. The molecule has 0 saturated carbocycles. The van der Waals surface area contributed by atoms with Gasteiger partial charge in [0.25, 0.3) is 0 Å². The zero-order valence-electron chi connectivity index (χ0n) is 15.6. The molecule has 0 aliphatic heterocycles. The van der Waals surface area contributed by atoms with Crippen molar-refractivity contribution in [2.75, 3.05) is 14.2 Å². The summed E-state index contributed by atoms with van der Waals surface area (Å²) in [7, 11) is 3.19. The van der Waals surface area contributed by atoms with E-state index in [2.05, 4.69) is 5.32 Å². The Balaban J connectivity index is 2.33. The summed E-state index contributed by atoms with van der Waals surface area (Å²) in [4.78, 5) is 25.0. The van der Waals surface area contributed by atoms with Gasteiger partial charge >= 0.3 is 0 Å². The van der Waals surface area contributed by atoms with Crippen molar-refractivity contribution in [1.29, 1.82) is 0 Å². The van der Waals surface area contributed by atoms with Gasteiger partial charge in [0.15, 0.2) is 5.78 Å². The van der Waals surface area contributed by atoms with Gasteiger partial charge in [-0.05, 0) is 49.2 Å². The summed E-state index contributed by atoms with van der Waals surface area (Å²) in [6.45, 7) is 3.74. The zero-order chi connectivity index (χ0) is 19.1. The SMILES string of the molecule is COc1ccc(C(C(=O)CC(=O)NC(C)C)c2ccc(OC)cc2)cc1. The van der Waals surface area contributed by atoms with Crippen LogP contribution in [-0.2, 0) is 9.59 Å². The van der Waals surface area contributed by atoms with E-state index in [4.69, 9.17) is 9.47 Å². The minimum absolute atomic E-state index is 0.00396. The topological polar surface area (TPSA) is 64.6 Å². The summed E-state index contributed by atoms with van der Waals surface area (Å²) in [6, 6.07) is 14.7. The maximum Gasteiger partial charge on any atom is 0.227 e. The molecule has 0 saturated heterocycles. The number of rotatable bonds is 8. The third-order valence-electron chi connectivity index (χ3n) is 4.00. The first-order valence-corrected chi connectivity index (χ1v) is 8.54. The molecule has 0 spiro atoms. The minimum atomic E-state index is -0.523. The predicted octanol–water partition coefficient (Wildman–Crippen LogP) is 3.32. The number of carbonyl (C=O) groups excluding carboxylic acids is 2. The van der Waals surface area contributed by atoms with Crippen LogP contribution >= 0.6 is 0 Å². The maximum absolute atomic E-state index is 12.9. The van der Waals surface area contributed by atoms with Gasteiger partial charge in [0.1, 0.15) is 11.5 Å². The van der Waals surface area contributed by atoms with Crippen LogP contribution in [-0.4, -0.2) is 32.0 Å². The van der Waals surface area contributed by atoms with Crippen LogP contribution in [0.15, 0.2) is 48.5 Å². The number of Topliss-reactive ketones (excluding diaryl/α,β-unsaturated/α-hetero) is 1. The second-order valence-electron chi connectivity index (χ2n) is 6.34. The molecule has 2 aromatic carbocycles. The first-order valence-electron chi connectivity index (χ1n) is 8.54. The number of ether oxygens (including phenoxy) is 2. The molecule has 0 fully saturated rings. The quantitative estimate of drug-likeness (QED) is 0.738. The highest BCUT2D eigenvalue weighted by molar-refractivity contribution is 6.02. The number of ketones is 1. The highest BCUT2D eigenvalue weighted by Gasteiger charge is 2.25. The summed E-state index contributed by atoms with van der Waals surface area (Å²) in [6.07, 6.45) is -0.166. The second-order valence-corrected chi connectivity index (χ2v) is 6.34. The number of carbonyl (C=O) groups is 2. The van der Waals surface area contributed by atoms with Crippen molar-refractivity contribution >= 4 is 11.7 Å². The van der Waals surface area contributed by atoms with Crippen molar-refractivity contribution in [3.05, 3.63) is 59.7 Å². The molecule has 138 valence electrons. The number of hydrogen-bond donors (Lipinski definition) is 1. The van der Waals surface area contributed by atoms with Crippen LogP contribution in [0.5, 0.6) is 11.5 Å². The Morgan fingerprint density at radius 1 is 0.846 bits per heavy atom. The van der Waals surface area contributed by atoms with Gasteiger partial charge in [0, 0.05) is 6.04 Å². The molecule has 1 N–H and O–H groups in total. The Kier molecular flexibility index (Phi) is 6.78.